The fourth-order valence-corrected chi connectivity index (χ4v) is 5.82. The Labute approximate surface area is 325 Å². The minimum atomic E-state index is -4.28. The van der Waals surface area contributed by atoms with Crippen LogP contribution in [0.15, 0.2) is 72.9 Å². The van der Waals surface area contributed by atoms with Crippen LogP contribution in [0.5, 0.6) is 0 Å². The first-order valence-electron chi connectivity index (χ1n) is 20.7. The third-order valence-electron chi connectivity index (χ3n) is 8.28. The zero-order valence-corrected chi connectivity index (χ0v) is 35.4. The van der Waals surface area contributed by atoms with Gasteiger partial charge in [-0.05, 0) is 64.2 Å². The number of esters is 1. The average molecular weight is 765 g/mol. The van der Waals surface area contributed by atoms with Crippen LogP contribution in [-0.2, 0) is 27.9 Å². The van der Waals surface area contributed by atoms with E-state index in [4.69, 9.17) is 18.5 Å². The molecule has 0 aliphatic carbocycles. The lowest BCUT2D eigenvalue weighted by Crippen LogP contribution is -2.37. The molecule has 306 valence electrons. The van der Waals surface area contributed by atoms with E-state index in [1.165, 1.54) is 38.5 Å². The first kappa shape index (κ1) is 50.9. The second-order valence-corrected chi connectivity index (χ2v) is 16.1. The van der Waals surface area contributed by atoms with Crippen molar-refractivity contribution in [2.24, 2.45) is 0 Å². The van der Waals surface area contributed by atoms with Gasteiger partial charge in [0.2, 0.25) is 0 Å². The molecule has 0 aromatic carbocycles. The van der Waals surface area contributed by atoms with Crippen molar-refractivity contribution in [1.82, 2.24) is 0 Å². The van der Waals surface area contributed by atoms with Crippen LogP contribution in [0.1, 0.15) is 142 Å². The van der Waals surface area contributed by atoms with Gasteiger partial charge in [-0.15, -0.1) is 0 Å². The van der Waals surface area contributed by atoms with Gasteiger partial charge >= 0.3 is 13.8 Å². The number of likely N-dealkylation sites (N-methyl/N-ethyl adjacent to an activating group) is 1. The molecule has 0 aliphatic rings. The van der Waals surface area contributed by atoms with Crippen molar-refractivity contribution in [3.8, 4) is 0 Å². The lowest BCUT2D eigenvalue weighted by atomic mass is 10.1. The topological polar surface area (TPSA) is 91.3 Å². The molecule has 0 aromatic heterocycles. The molecule has 9 heteroatoms. The summed E-state index contributed by atoms with van der Waals surface area (Å²) in [6, 6.07) is 0. The Bertz CT molecular complexity index is 1070. The Balaban J connectivity index is 4.28. The van der Waals surface area contributed by atoms with Gasteiger partial charge < -0.3 is 18.9 Å². The van der Waals surface area contributed by atoms with Gasteiger partial charge in [0.1, 0.15) is 19.3 Å². The van der Waals surface area contributed by atoms with Gasteiger partial charge in [0.15, 0.2) is 0 Å². The van der Waals surface area contributed by atoms with E-state index >= 15 is 0 Å². The molecule has 0 fully saturated rings. The second kappa shape index (κ2) is 36.9. The van der Waals surface area contributed by atoms with Crippen molar-refractivity contribution in [2.45, 2.75) is 148 Å². The largest absolute Gasteiger partial charge is 0.472 e. The maximum absolute atomic E-state index is 12.6. The smallest absolute Gasteiger partial charge is 0.457 e. The Morgan fingerprint density at radius 2 is 1.09 bits per heavy atom. The number of hydrogen-bond acceptors (Lipinski definition) is 6. The SMILES string of the molecule is CC/C=C\C/C=C\C/C=C\C/C=C\C/C=C\C/C=C\CCCCCOCC(COP(=O)(O)OCC[N+](C)(C)C)OC(=O)CCCCCCCCCCC. The molecule has 0 heterocycles. The number of hydrogen-bond donors (Lipinski definition) is 1. The molecule has 2 atom stereocenters. The van der Waals surface area contributed by atoms with Gasteiger partial charge in [-0.3, -0.25) is 13.8 Å². The van der Waals surface area contributed by atoms with Crippen LogP contribution in [0.3, 0.4) is 0 Å². The number of quaternary nitrogens is 1. The Kier molecular flexibility index (Phi) is 35.5. The summed E-state index contributed by atoms with van der Waals surface area (Å²) in [4.78, 5) is 22.7. The Morgan fingerprint density at radius 1 is 0.604 bits per heavy atom. The number of unbranched alkanes of at least 4 members (excludes halogenated alkanes) is 11. The third-order valence-corrected chi connectivity index (χ3v) is 9.27. The highest BCUT2D eigenvalue weighted by molar-refractivity contribution is 7.47. The van der Waals surface area contributed by atoms with Crippen molar-refractivity contribution in [3.05, 3.63) is 72.9 Å². The minimum Gasteiger partial charge on any atom is -0.457 e. The highest BCUT2D eigenvalue weighted by atomic mass is 31.2. The number of allylic oxidation sites excluding steroid dienone is 12. The van der Waals surface area contributed by atoms with E-state index < -0.39 is 13.9 Å². The van der Waals surface area contributed by atoms with E-state index in [9.17, 15) is 14.3 Å². The molecule has 0 aromatic rings. The summed E-state index contributed by atoms with van der Waals surface area (Å²) < 4.78 is 34.8. The van der Waals surface area contributed by atoms with E-state index in [0.29, 0.717) is 24.1 Å². The van der Waals surface area contributed by atoms with Crippen molar-refractivity contribution < 1.29 is 37.3 Å². The summed E-state index contributed by atoms with van der Waals surface area (Å²) in [5.74, 6) is -0.333. The molecule has 0 saturated heterocycles. The number of phosphoric ester groups is 1. The van der Waals surface area contributed by atoms with E-state index in [-0.39, 0.29) is 25.8 Å². The van der Waals surface area contributed by atoms with Crippen molar-refractivity contribution in [3.63, 3.8) is 0 Å². The van der Waals surface area contributed by atoms with Gasteiger partial charge in [0, 0.05) is 13.0 Å². The molecule has 0 bridgehead atoms. The summed E-state index contributed by atoms with van der Waals surface area (Å²) in [6.07, 6.45) is 46.6. The van der Waals surface area contributed by atoms with Crippen LogP contribution in [0.2, 0.25) is 0 Å². The number of carbonyl (C=O) groups excluding carboxylic acids is 1. The summed E-state index contributed by atoms with van der Waals surface area (Å²) in [6.45, 7) is 5.37. The van der Waals surface area contributed by atoms with E-state index in [1.54, 1.807) is 0 Å². The summed E-state index contributed by atoms with van der Waals surface area (Å²) in [5.41, 5.74) is 0. The van der Waals surface area contributed by atoms with E-state index in [1.807, 2.05) is 21.1 Å². The molecule has 0 saturated carbocycles. The third kappa shape index (κ3) is 41.0. The van der Waals surface area contributed by atoms with Crippen LogP contribution in [0.25, 0.3) is 0 Å². The molecule has 53 heavy (non-hydrogen) atoms. The van der Waals surface area contributed by atoms with Crippen molar-refractivity contribution in [1.29, 1.82) is 0 Å². The first-order chi connectivity index (χ1) is 25.6. The molecule has 1 N–H and O–H groups in total. The normalized spacial score (nSPS) is 14.6. The van der Waals surface area contributed by atoms with Crippen LogP contribution in [-0.4, -0.2) is 75.6 Å². The highest BCUT2D eigenvalue weighted by Gasteiger charge is 2.26. The number of rotatable bonds is 37. The number of ether oxygens (including phenoxy) is 2. The monoisotopic (exact) mass is 765 g/mol. The lowest BCUT2D eigenvalue weighted by Gasteiger charge is -2.24. The minimum absolute atomic E-state index is 0.0788. The van der Waals surface area contributed by atoms with Crippen LogP contribution in [0, 0.1) is 0 Å². The van der Waals surface area contributed by atoms with Gasteiger partial charge in [0.05, 0.1) is 34.4 Å². The van der Waals surface area contributed by atoms with E-state index in [2.05, 4.69) is 86.8 Å². The standard InChI is InChI=1S/C44H78NO7P/c1-6-8-10-12-14-16-17-18-19-20-21-22-23-24-25-26-27-28-30-32-34-36-39-49-41-43(42-51-53(47,48)50-40-38-45(3,4)5)52-44(46)37-35-33-31-29-15-13-11-9-7-2/h8,10,14,16,18-19,21-22,24-25,27-28,43H,6-7,9,11-13,15,17,20,23,26,29-42H2,1-5H3/p+1/b10-8-,16-14-,19-18-,22-21-,25-24-,28-27-. The second-order valence-electron chi connectivity index (χ2n) is 14.6. The van der Waals surface area contributed by atoms with Gasteiger partial charge in [0.25, 0.3) is 0 Å². The molecular weight excluding hydrogens is 685 g/mol. The lowest BCUT2D eigenvalue weighted by molar-refractivity contribution is -0.870. The van der Waals surface area contributed by atoms with Crippen LogP contribution >= 0.6 is 7.82 Å². The average Bonchev–Trinajstić information content (AvgIpc) is 3.11. The molecule has 2 unspecified atom stereocenters. The molecule has 0 rings (SSSR count). The zero-order valence-electron chi connectivity index (χ0n) is 34.5. The fraction of sp³-hybridized carbons (Fsp3) is 0.705. The maximum atomic E-state index is 12.6. The molecular formula is C44H79NO7P+. The number of phosphoric acid groups is 1. The molecule has 0 aliphatic heterocycles. The Hall–Kier alpha value is -2.06. The zero-order chi connectivity index (χ0) is 39.1. The van der Waals surface area contributed by atoms with Gasteiger partial charge in [-0.1, -0.05) is 145 Å². The summed E-state index contributed by atoms with van der Waals surface area (Å²) >= 11 is 0. The van der Waals surface area contributed by atoms with E-state index in [0.717, 1.165) is 83.5 Å². The summed E-state index contributed by atoms with van der Waals surface area (Å²) in [7, 11) is 1.63. The number of nitrogens with zero attached hydrogens (tertiary/aromatic N) is 1. The maximum Gasteiger partial charge on any atom is 0.472 e. The van der Waals surface area contributed by atoms with Gasteiger partial charge in [-0.25, -0.2) is 4.57 Å². The predicted molar refractivity (Wildman–Crippen MR) is 224 cm³/mol. The molecule has 0 radical (unpaired) electrons. The van der Waals surface area contributed by atoms with Crippen LogP contribution < -0.4 is 0 Å². The van der Waals surface area contributed by atoms with Crippen LogP contribution in [0.4, 0.5) is 0 Å². The molecule has 8 nitrogen and oxygen atoms in total. The predicted octanol–water partition coefficient (Wildman–Crippen LogP) is 11.9. The van der Waals surface area contributed by atoms with Gasteiger partial charge in [-0.2, -0.15) is 0 Å². The van der Waals surface area contributed by atoms with Crippen molar-refractivity contribution in [2.75, 3.05) is 54.1 Å². The summed E-state index contributed by atoms with van der Waals surface area (Å²) in [5, 5.41) is 0. The highest BCUT2D eigenvalue weighted by Crippen LogP contribution is 2.43. The molecule has 0 amide bonds. The fourth-order valence-electron chi connectivity index (χ4n) is 5.08. The Morgan fingerprint density at radius 3 is 1.62 bits per heavy atom. The number of carbonyl (C=O) groups is 1. The quantitative estimate of drug-likeness (QED) is 0.0221. The van der Waals surface area contributed by atoms with Crippen molar-refractivity contribution >= 4 is 13.8 Å². The molecule has 0 spiro atoms. The first-order valence-corrected chi connectivity index (χ1v) is 22.2.